The number of halogens is 4. The van der Waals surface area contributed by atoms with E-state index in [1.165, 1.54) is 0 Å². The first-order valence-corrected chi connectivity index (χ1v) is 5.32. The zero-order valence-corrected chi connectivity index (χ0v) is 11.4. The molecule has 0 spiro atoms. The predicted molar refractivity (Wildman–Crippen MR) is 67.4 cm³/mol. The summed E-state index contributed by atoms with van der Waals surface area (Å²) in [5.74, 6) is -0.693. The van der Waals surface area contributed by atoms with Crippen LogP contribution in [-0.4, -0.2) is 12.3 Å². The fourth-order valence-electron chi connectivity index (χ4n) is 0.851. The number of ketones is 1. The molecule has 1 aromatic rings. The number of hydrogen-bond acceptors (Lipinski definition) is 2. The summed E-state index contributed by atoms with van der Waals surface area (Å²) in [5.41, 5.74) is 5.46. The molecule has 0 heterocycles. The van der Waals surface area contributed by atoms with Crippen LogP contribution in [0.4, 0.5) is 4.39 Å². The molecule has 2 nitrogen and oxygen atoms in total. The lowest BCUT2D eigenvalue weighted by molar-refractivity contribution is 0.1000. The van der Waals surface area contributed by atoms with E-state index in [1.807, 2.05) is 22.6 Å². The van der Waals surface area contributed by atoms with Crippen molar-refractivity contribution in [3.05, 3.63) is 31.6 Å². The number of carbonyl (C=O) groups excluding carboxylic acids is 1. The molecule has 0 amide bonds. The zero-order valence-electron chi connectivity index (χ0n) is 6.89. The van der Waals surface area contributed by atoms with Crippen molar-refractivity contribution in [2.45, 2.75) is 0 Å². The smallest absolute Gasteiger partial charge is 0.177 e. The summed E-state index contributed by atoms with van der Waals surface area (Å²) in [5, 5.41) is 0. The largest absolute Gasteiger partial charge is 0.324 e. The van der Waals surface area contributed by atoms with Crippen LogP contribution in [0.25, 0.3) is 0 Å². The van der Waals surface area contributed by atoms with Gasteiger partial charge in [0.05, 0.1) is 11.0 Å². The topological polar surface area (TPSA) is 43.1 Å². The maximum atomic E-state index is 13.2. The lowest BCUT2D eigenvalue weighted by Crippen LogP contribution is -2.14. The molecule has 0 saturated carbocycles. The van der Waals surface area contributed by atoms with Crippen molar-refractivity contribution >= 4 is 56.7 Å². The summed E-state index contributed by atoms with van der Waals surface area (Å²) in [6.07, 6.45) is 0. The third kappa shape index (κ3) is 2.88. The second kappa shape index (κ2) is 5.99. The molecule has 0 aromatic heterocycles. The van der Waals surface area contributed by atoms with Crippen LogP contribution < -0.4 is 5.73 Å². The number of rotatable bonds is 2. The van der Waals surface area contributed by atoms with Crippen molar-refractivity contribution < 1.29 is 9.18 Å². The van der Waals surface area contributed by atoms with E-state index in [0.29, 0.717) is 9.13 Å². The first-order valence-electron chi connectivity index (χ1n) is 3.44. The lowest BCUT2D eigenvalue weighted by Gasteiger charge is -2.03. The van der Waals surface area contributed by atoms with Gasteiger partial charge in [0.1, 0.15) is 0 Å². The molecule has 6 heteroatoms. The number of Topliss-reactive ketones (excluding diaryl/α,β-unsaturated/α-hetero) is 1. The average molecular weight is 394 g/mol. The Morgan fingerprint density at radius 2 is 2.14 bits per heavy atom. The first-order chi connectivity index (χ1) is 6.07. The minimum absolute atomic E-state index is 0. The van der Waals surface area contributed by atoms with Gasteiger partial charge in [-0.15, -0.1) is 12.4 Å². The lowest BCUT2D eigenvalue weighted by atomic mass is 10.1. The van der Waals surface area contributed by atoms with Gasteiger partial charge in [0.15, 0.2) is 11.6 Å². The quantitative estimate of drug-likeness (QED) is 0.476. The van der Waals surface area contributed by atoms with Gasteiger partial charge in [-0.05, 0) is 50.7 Å². The monoisotopic (exact) mass is 393 g/mol. The third-order valence-corrected chi connectivity index (χ3v) is 3.13. The van der Waals surface area contributed by atoms with E-state index >= 15 is 0 Å². The van der Waals surface area contributed by atoms with Crippen LogP contribution in [0.3, 0.4) is 0 Å². The zero-order chi connectivity index (χ0) is 10.0. The highest BCUT2D eigenvalue weighted by atomic mass is 127. The van der Waals surface area contributed by atoms with Crippen molar-refractivity contribution in [2.24, 2.45) is 5.73 Å². The summed E-state index contributed by atoms with van der Waals surface area (Å²) < 4.78 is 13.9. The Balaban J connectivity index is 0.00000169. The van der Waals surface area contributed by atoms with E-state index in [4.69, 9.17) is 5.73 Å². The molecule has 0 unspecified atom stereocenters. The Labute approximate surface area is 109 Å². The molecule has 0 bridgehead atoms. The molecule has 2 N–H and O–H groups in total. The van der Waals surface area contributed by atoms with Gasteiger partial charge in [-0.1, -0.05) is 0 Å². The Hall–Kier alpha value is 0.280. The van der Waals surface area contributed by atoms with Gasteiger partial charge < -0.3 is 5.73 Å². The van der Waals surface area contributed by atoms with Crippen LogP contribution in [0, 0.1) is 9.39 Å². The minimum Gasteiger partial charge on any atom is -0.324 e. The molecule has 0 radical (unpaired) electrons. The Kier molecular flexibility index (Phi) is 6.11. The summed E-state index contributed by atoms with van der Waals surface area (Å²) >= 11 is 4.87. The molecule has 0 aliphatic heterocycles. The molecule has 0 atom stereocenters. The Bertz CT molecular complexity index is 361. The maximum Gasteiger partial charge on any atom is 0.177 e. The van der Waals surface area contributed by atoms with Gasteiger partial charge >= 0.3 is 0 Å². The normalized spacial score (nSPS) is 9.43. The highest BCUT2D eigenvalue weighted by molar-refractivity contribution is 14.1. The number of benzene rings is 1. The van der Waals surface area contributed by atoms with Gasteiger partial charge in [-0.25, -0.2) is 4.39 Å². The van der Waals surface area contributed by atoms with Crippen molar-refractivity contribution in [2.75, 3.05) is 6.54 Å². The standard InChI is InChI=1S/C8H6BrFINO.ClH/c9-7-4(6(13)3-12)1-2-5(11)8(7)10;/h1-2H,3,12H2;1H. The predicted octanol–water partition coefficient (Wildman–Crippen LogP) is 2.76. The molecule has 14 heavy (non-hydrogen) atoms. The van der Waals surface area contributed by atoms with E-state index in [1.54, 1.807) is 12.1 Å². The fourth-order valence-corrected chi connectivity index (χ4v) is 2.24. The van der Waals surface area contributed by atoms with Gasteiger partial charge in [0.25, 0.3) is 0 Å². The molecule has 1 aromatic carbocycles. The van der Waals surface area contributed by atoms with Crippen molar-refractivity contribution in [3.8, 4) is 0 Å². The average Bonchev–Trinajstić information content (AvgIpc) is 2.13. The molecule has 0 aliphatic rings. The molecule has 0 aliphatic carbocycles. The van der Waals surface area contributed by atoms with E-state index in [2.05, 4.69) is 15.9 Å². The number of nitrogens with two attached hydrogens (primary N) is 1. The minimum atomic E-state index is -0.417. The molecule has 0 fully saturated rings. The van der Waals surface area contributed by atoms with E-state index in [-0.39, 0.29) is 29.2 Å². The SMILES string of the molecule is Cl.NCC(=O)c1ccc(I)c(F)c1Br. The summed E-state index contributed by atoms with van der Waals surface area (Å²) in [6.45, 7) is -0.112. The van der Waals surface area contributed by atoms with E-state index in [0.717, 1.165) is 0 Å². The molecule has 0 saturated heterocycles. The Morgan fingerprint density at radius 1 is 1.57 bits per heavy atom. The van der Waals surface area contributed by atoms with Crippen molar-refractivity contribution in [1.29, 1.82) is 0 Å². The van der Waals surface area contributed by atoms with Crippen LogP contribution >= 0.6 is 50.9 Å². The fraction of sp³-hybridized carbons (Fsp3) is 0.125. The van der Waals surface area contributed by atoms with Crippen LogP contribution in [-0.2, 0) is 0 Å². The van der Waals surface area contributed by atoms with Gasteiger partial charge in [0.2, 0.25) is 0 Å². The highest BCUT2D eigenvalue weighted by Crippen LogP contribution is 2.24. The van der Waals surface area contributed by atoms with Gasteiger partial charge in [-0.2, -0.15) is 0 Å². The van der Waals surface area contributed by atoms with Crippen molar-refractivity contribution in [3.63, 3.8) is 0 Å². The second-order valence-corrected chi connectivity index (χ2v) is 4.31. The van der Waals surface area contributed by atoms with Crippen molar-refractivity contribution in [1.82, 2.24) is 0 Å². The molecular weight excluding hydrogens is 387 g/mol. The molecular formula is C8H7BrClFINO. The van der Waals surface area contributed by atoms with Crippen LogP contribution in [0.1, 0.15) is 10.4 Å². The summed E-state index contributed by atoms with van der Waals surface area (Å²) in [6, 6.07) is 3.10. The van der Waals surface area contributed by atoms with Crippen LogP contribution in [0.2, 0.25) is 0 Å². The molecule has 78 valence electrons. The second-order valence-electron chi connectivity index (χ2n) is 2.35. The summed E-state index contributed by atoms with van der Waals surface area (Å²) in [7, 11) is 0. The molecule has 1 rings (SSSR count). The van der Waals surface area contributed by atoms with Gasteiger partial charge in [-0.3, -0.25) is 4.79 Å². The van der Waals surface area contributed by atoms with Crippen LogP contribution in [0.15, 0.2) is 16.6 Å². The number of carbonyl (C=O) groups is 1. The summed E-state index contributed by atoms with van der Waals surface area (Å²) in [4.78, 5) is 11.2. The highest BCUT2D eigenvalue weighted by Gasteiger charge is 2.13. The maximum absolute atomic E-state index is 13.2. The first kappa shape index (κ1) is 14.3. The van der Waals surface area contributed by atoms with E-state index in [9.17, 15) is 9.18 Å². The van der Waals surface area contributed by atoms with Crippen LogP contribution in [0.5, 0.6) is 0 Å². The third-order valence-electron chi connectivity index (χ3n) is 1.52. The van der Waals surface area contributed by atoms with Gasteiger partial charge in [0, 0.05) is 9.13 Å². The Morgan fingerprint density at radius 3 is 2.64 bits per heavy atom. The number of hydrogen-bond donors (Lipinski definition) is 1. The van der Waals surface area contributed by atoms with E-state index < -0.39 is 5.82 Å².